The lowest BCUT2D eigenvalue weighted by Crippen LogP contribution is -2.51. The van der Waals surface area contributed by atoms with Gasteiger partial charge in [0.15, 0.2) is 0 Å². The van der Waals surface area contributed by atoms with E-state index in [1.54, 1.807) is 0 Å². The van der Waals surface area contributed by atoms with Crippen molar-refractivity contribution in [2.75, 3.05) is 0 Å². The molecular formula is C21H26N2O2. The Morgan fingerprint density at radius 1 is 0.960 bits per heavy atom. The third kappa shape index (κ3) is 4.68. The summed E-state index contributed by atoms with van der Waals surface area (Å²) in [5.41, 5.74) is 8.85. The summed E-state index contributed by atoms with van der Waals surface area (Å²) in [4.78, 5) is 12.4. The van der Waals surface area contributed by atoms with Crippen LogP contribution in [-0.4, -0.2) is 11.4 Å². The van der Waals surface area contributed by atoms with Crippen LogP contribution < -0.4 is 11.1 Å². The second-order valence-electron chi connectivity index (χ2n) is 6.79. The van der Waals surface area contributed by atoms with Crippen molar-refractivity contribution in [2.24, 2.45) is 5.73 Å². The van der Waals surface area contributed by atoms with Gasteiger partial charge in [0, 0.05) is 6.54 Å². The molecule has 1 amide bonds. The first-order chi connectivity index (χ1) is 12.2. The van der Waals surface area contributed by atoms with Gasteiger partial charge in [-0.05, 0) is 29.5 Å². The average Bonchev–Trinajstić information content (AvgIpc) is 3.09. The maximum absolute atomic E-state index is 12.4. The number of nitrogens with one attached hydrogen (secondary N) is 1. The first kappa shape index (κ1) is 17.6. The normalized spacial score (nSPS) is 15.9. The van der Waals surface area contributed by atoms with Gasteiger partial charge in [0.05, 0.1) is 18.8 Å². The van der Waals surface area contributed by atoms with Crippen LogP contribution >= 0.6 is 0 Å². The number of benzene rings is 2. The minimum atomic E-state index is -0.682. The Labute approximate surface area is 149 Å². The number of amides is 1. The molecule has 3 N–H and O–H groups in total. The molecule has 0 unspecified atom stereocenters. The molecule has 4 heteroatoms. The topological polar surface area (TPSA) is 64.4 Å². The standard InChI is InChI=1S/C21H26N2O2/c22-21(12-6-7-13-21)20(24)23-14-18-10-4-5-11-19(18)16-25-15-17-8-2-1-3-9-17/h1-5,8-11H,6-7,12-16,22H2,(H,23,24). The van der Waals surface area contributed by atoms with E-state index in [0.29, 0.717) is 19.8 Å². The molecule has 0 bridgehead atoms. The highest BCUT2D eigenvalue weighted by Crippen LogP contribution is 2.27. The zero-order valence-corrected chi connectivity index (χ0v) is 14.5. The molecule has 1 saturated carbocycles. The van der Waals surface area contributed by atoms with E-state index in [-0.39, 0.29) is 5.91 Å². The molecule has 4 nitrogen and oxygen atoms in total. The van der Waals surface area contributed by atoms with Crippen molar-refractivity contribution in [2.45, 2.75) is 51.0 Å². The van der Waals surface area contributed by atoms with Gasteiger partial charge in [-0.25, -0.2) is 0 Å². The van der Waals surface area contributed by atoms with Crippen LogP contribution in [0, 0.1) is 0 Å². The van der Waals surface area contributed by atoms with E-state index in [2.05, 4.69) is 17.4 Å². The highest BCUT2D eigenvalue weighted by atomic mass is 16.5. The van der Waals surface area contributed by atoms with Gasteiger partial charge in [-0.15, -0.1) is 0 Å². The van der Waals surface area contributed by atoms with E-state index in [0.717, 1.165) is 42.4 Å². The second kappa shape index (κ2) is 8.28. The minimum absolute atomic E-state index is 0.0370. The third-order valence-electron chi connectivity index (χ3n) is 4.87. The van der Waals surface area contributed by atoms with Crippen LogP contribution in [0.1, 0.15) is 42.4 Å². The summed E-state index contributed by atoms with van der Waals surface area (Å²) in [5.74, 6) is -0.0370. The van der Waals surface area contributed by atoms with E-state index in [1.165, 1.54) is 0 Å². The van der Waals surface area contributed by atoms with Crippen molar-refractivity contribution in [3.05, 3.63) is 71.3 Å². The van der Waals surface area contributed by atoms with Crippen LogP contribution in [0.4, 0.5) is 0 Å². The number of hydrogen-bond donors (Lipinski definition) is 2. The quantitative estimate of drug-likeness (QED) is 0.814. The molecule has 0 saturated heterocycles. The number of carbonyl (C=O) groups is 1. The highest BCUT2D eigenvalue weighted by Gasteiger charge is 2.36. The first-order valence-electron chi connectivity index (χ1n) is 8.93. The van der Waals surface area contributed by atoms with Crippen LogP contribution in [0.2, 0.25) is 0 Å². The van der Waals surface area contributed by atoms with Gasteiger partial charge in [-0.3, -0.25) is 4.79 Å². The van der Waals surface area contributed by atoms with Crippen molar-refractivity contribution in [3.63, 3.8) is 0 Å². The summed E-state index contributed by atoms with van der Waals surface area (Å²) in [6.45, 7) is 1.59. The van der Waals surface area contributed by atoms with Crippen molar-refractivity contribution in [1.29, 1.82) is 0 Å². The number of rotatable bonds is 7. The number of hydrogen-bond acceptors (Lipinski definition) is 3. The van der Waals surface area contributed by atoms with E-state index < -0.39 is 5.54 Å². The molecule has 0 atom stereocenters. The lowest BCUT2D eigenvalue weighted by Gasteiger charge is -2.22. The summed E-state index contributed by atoms with van der Waals surface area (Å²) in [7, 11) is 0. The molecule has 2 aromatic carbocycles. The largest absolute Gasteiger partial charge is 0.372 e. The Morgan fingerprint density at radius 3 is 2.32 bits per heavy atom. The van der Waals surface area contributed by atoms with Crippen molar-refractivity contribution in [1.82, 2.24) is 5.32 Å². The molecule has 0 aromatic heterocycles. The van der Waals surface area contributed by atoms with Gasteiger partial charge in [-0.2, -0.15) is 0 Å². The molecule has 132 valence electrons. The van der Waals surface area contributed by atoms with Gasteiger partial charge in [-0.1, -0.05) is 67.4 Å². The monoisotopic (exact) mass is 338 g/mol. The van der Waals surface area contributed by atoms with Crippen LogP contribution in [0.15, 0.2) is 54.6 Å². The fourth-order valence-corrected chi connectivity index (χ4v) is 3.31. The predicted octanol–water partition coefficient (Wildman–Crippen LogP) is 3.29. The summed E-state index contributed by atoms with van der Waals surface area (Å²) < 4.78 is 5.84. The van der Waals surface area contributed by atoms with Gasteiger partial charge >= 0.3 is 0 Å². The van der Waals surface area contributed by atoms with Gasteiger partial charge in [0.1, 0.15) is 0 Å². The van der Waals surface area contributed by atoms with Crippen LogP contribution in [-0.2, 0) is 29.3 Å². The molecule has 3 rings (SSSR count). The molecule has 1 aliphatic rings. The predicted molar refractivity (Wildman–Crippen MR) is 98.6 cm³/mol. The van der Waals surface area contributed by atoms with Crippen LogP contribution in [0.25, 0.3) is 0 Å². The maximum Gasteiger partial charge on any atom is 0.240 e. The van der Waals surface area contributed by atoms with Gasteiger partial charge in [0.2, 0.25) is 5.91 Å². The third-order valence-corrected chi connectivity index (χ3v) is 4.87. The smallest absolute Gasteiger partial charge is 0.240 e. The Morgan fingerprint density at radius 2 is 1.60 bits per heavy atom. The van der Waals surface area contributed by atoms with Crippen LogP contribution in [0.5, 0.6) is 0 Å². The van der Waals surface area contributed by atoms with E-state index in [4.69, 9.17) is 10.5 Å². The molecule has 0 aliphatic heterocycles. The average molecular weight is 338 g/mol. The maximum atomic E-state index is 12.4. The minimum Gasteiger partial charge on any atom is -0.372 e. The number of carbonyl (C=O) groups excluding carboxylic acids is 1. The molecule has 0 spiro atoms. The molecule has 0 radical (unpaired) electrons. The Hall–Kier alpha value is -2.17. The zero-order valence-electron chi connectivity index (χ0n) is 14.5. The fourth-order valence-electron chi connectivity index (χ4n) is 3.31. The molecule has 1 fully saturated rings. The Kier molecular flexibility index (Phi) is 5.84. The van der Waals surface area contributed by atoms with E-state index >= 15 is 0 Å². The summed E-state index contributed by atoms with van der Waals surface area (Å²) in [5, 5.41) is 3.01. The second-order valence-corrected chi connectivity index (χ2v) is 6.79. The summed E-state index contributed by atoms with van der Waals surface area (Å²) in [6.07, 6.45) is 3.63. The van der Waals surface area contributed by atoms with E-state index in [1.807, 2.05) is 42.5 Å². The highest BCUT2D eigenvalue weighted by molar-refractivity contribution is 5.86. The van der Waals surface area contributed by atoms with Crippen molar-refractivity contribution in [3.8, 4) is 0 Å². The van der Waals surface area contributed by atoms with Crippen molar-refractivity contribution >= 4 is 5.91 Å². The fraction of sp³-hybridized carbons (Fsp3) is 0.381. The summed E-state index contributed by atoms with van der Waals surface area (Å²) >= 11 is 0. The zero-order chi connectivity index (χ0) is 17.5. The lowest BCUT2D eigenvalue weighted by molar-refractivity contribution is -0.126. The van der Waals surface area contributed by atoms with Gasteiger partial charge < -0.3 is 15.8 Å². The molecule has 1 aliphatic carbocycles. The molecule has 25 heavy (non-hydrogen) atoms. The summed E-state index contributed by atoms with van der Waals surface area (Å²) in [6, 6.07) is 18.2. The van der Waals surface area contributed by atoms with Crippen LogP contribution in [0.3, 0.4) is 0 Å². The molecular weight excluding hydrogens is 312 g/mol. The van der Waals surface area contributed by atoms with Crippen molar-refractivity contribution < 1.29 is 9.53 Å². The number of ether oxygens (including phenoxy) is 1. The molecule has 2 aromatic rings. The van der Waals surface area contributed by atoms with E-state index in [9.17, 15) is 4.79 Å². The first-order valence-corrected chi connectivity index (χ1v) is 8.93. The lowest BCUT2D eigenvalue weighted by atomic mass is 9.98. The van der Waals surface area contributed by atoms with Gasteiger partial charge in [0.25, 0.3) is 0 Å². The molecule has 0 heterocycles. The Balaban J connectivity index is 1.54. The number of nitrogens with two attached hydrogens (primary N) is 1. The SMILES string of the molecule is NC1(C(=O)NCc2ccccc2COCc2ccccc2)CCCC1. The Bertz CT molecular complexity index is 694.